The first-order valence-electron chi connectivity index (χ1n) is 5.41. The van der Waals surface area contributed by atoms with E-state index in [2.05, 4.69) is 53.4 Å². The topological polar surface area (TPSA) is 38.0 Å². The van der Waals surface area contributed by atoms with E-state index in [1.54, 1.807) is 0 Å². The van der Waals surface area contributed by atoms with Gasteiger partial charge in [-0.2, -0.15) is 0 Å². The number of benzene rings is 1. The van der Waals surface area contributed by atoms with Crippen LogP contribution < -0.4 is 11.3 Å². The molecule has 2 nitrogen and oxygen atoms in total. The second-order valence-corrected chi connectivity index (χ2v) is 4.72. The molecule has 0 aliphatic heterocycles. The minimum absolute atomic E-state index is 0.266. The molecule has 1 aromatic carbocycles. The Hall–Kier alpha value is -0.380. The highest BCUT2D eigenvalue weighted by Crippen LogP contribution is 2.24. The second-order valence-electron chi connectivity index (χ2n) is 3.87. The van der Waals surface area contributed by atoms with Gasteiger partial charge in [0.05, 0.1) is 0 Å². The van der Waals surface area contributed by atoms with Gasteiger partial charge in [-0.05, 0) is 30.5 Å². The molecule has 0 saturated heterocycles. The van der Waals surface area contributed by atoms with E-state index in [0.29, 0.717) is 0 Å². The van der Waals surface area contributed by atoms with E-state index in [4.69, 9.17) is 5.84 Å². The lowest BCUT2D eigenvalue weighted by Gasteiger charge is -2.16. The van der Waals surface area contributed by atoms with Gasteiger partial charge in [0.15, 0.2) is 0 Å². The zero-order valence-corrected chi connectivity index (χ0v) is 11.0. The predicted molar refractivity (Wildman–Crippen MR) is 68.5 cm³/mol. The van der Waals surface area contributed by atoms with Crippen molar-refractivity contribution in [2.24, 2.45) is 5.84 Å². The molecular formula is C12H19BrN2. The fourth-order valence-electron chi connectivity index (χ4n) is 1.58. The first kappa shape index (κ1) is 12.7. The molecule has 0 aliphatic rings. The molecule has 0 fully saturated rings. The SMILES string of the molecule is CCCCC(NN)c1ccc(C)c(Br)c1. The van der Waals surface area contributed by atoms with E-state index in [0.717, 1.165) is 10.9 Å². The van der Waals surface area contributed by atoms with Gasteiger partial charge in [-0.25, -0.2) is 0 Å². The van der Waals surface area contributed by atoms with Crippen LogP contribution >= 0.6 is 15.9 Å². The lowest BCUT2D eigenvalue weighted by Crippen LogP contribution is -2.27. The molecule has 0 heterocycles. The number of nitrogens with one attached hydrogen (secondary N) is 1. The van der Waals surface area contributed by atoms with E-state index >= 15 is 0 Å². The number of aryl methyl sites for hydroxylation is 1. The fourth-order valence-corrected chi connectivity index (χ4v) is 1.98. The Balaban J connectivity index is 2.78. The third-order valence-electron chi connectivity index (χ3n) is 2.65. The van der Waals surface area contributed by atoms with Crippen molar-refractivity contribution in [3.8, 4) is 0 Å². The third kappa shape index (κ3) is 3.59. The molecule has 3 heteroatoms. The Morgan fingerprint density at radius 2 is 2.20 bits per heavy atom. The number of hydrogen-bond donors (Lipinski definition) is 2. The largest absolute Gasteiger partial charge is 0.271 e. The number of unbranched alkanes of at least 4 members (excludes halogenated alkanes) is 1. The van der Waals surface area contributed by atoms with Gasteiger partial charge < -0.3 is 0 Å². The zero-order chi connectivity index (χ0) is 11.3. The number of nitrogens with two attached hydrogens (primary N) is 1. The molecule has 1 aromatic rings. The summed E-state index contributed by atoms with van der Waals surface area (Å²) in [5, 5.41) is 0. The van der Waals surface area contributed by atoms with Crippen molar-refractivity contribution < 1.29 is 0 Å². The standard InChI is InChI=1S/C12H19BrN2/c1-3-4-5-12(15-14)10-7-6-9(2)11(13)8-10/h6-8,12,15H,3-5,14H2,1-2H3. The number of hydrogen-bond acceptors (Lipinski definition) is 2. The molecular weight excluding hydrogens is 252 g/mol. The van der Waals surface area contributed by atoms with Crippen LogP contribution in [-0.2, 0) is 0 Å². The van der Waals surface area contributed by atoms with Crippen LogP contribution in [0.5, 0.6) is 0 Å². The Kier molecular flexibility index (Phi) is 5.29. The maximum atomic E-state index is 5.57. The van der Waals surface area contributed by atoms with Crippen LogP contribution in [-0.4, -0.2) is 0 Å². The Bertz CT molecular complexity index is 312. The van der Waals surface area contributed by atoms with E-state index in [1.165, 1.54) is 24.0 Å². The van der Waals surface area contributed by atoms with Crippen LogP contribution in [0.25, 0.3) is 0 Å². The lowest BCUT2D eigenvalue weighted by atomic mass is 10.0. The molecule has 0 aromatic heterocycles. The van der Waals surface area contributed by atoms with Gasteiger partial charge in [0, 0.05) is 10.5 Å². The van der Waals surface area contributed by atoms with E-state index in [1.807, 2.05) is 0 Å². The van der Waals surface area contributed by atoms with Gasteiger partial charge in [0.1, 0.15) is 0 Å². The highest BCUT2D eigenvalue weighted by Gasteiger charge is 2.09. The van der Waals surface area contributed by atoms with Crippen molar-refractivity contribution >= 4 is 15.9 Å². The minimum atomic E-state index is 0.266. The molecule has 84 valence electrons. The van der Waals surface area contributed by atoms with Crippen LogP contribution in [0.4, 0.5) is 0 Å². The summed E-state index contributed by atoms with van der Waals surface area (Å²) in [7, 11) is 0. The van der Waals surface area contributed by atoms with Gasteiger partial charge >= 0.3 is 0 Å². The molecule has 15 heavy (non-hydrogen) atoms. The maximum absolute atomic E-state index is 5.57. The smallest absolute Gasteiger partial charge is 0.0460 e. The van der Waals surface area contributed by atoms with Gasteiger partial charge in [0.2, 0.25) is 0 Å². The molecule has 1 unspecified atom stereocenters. The van der Waals surface area contributed by atoms with Crippen molar-refractivity contribution in [3.05, 3.63) is 33.8 Å². The molecule has 0 saturated carbocycles. The van der Waals surface area contributed by atoms with Crippen LogP contribution in [0, 0.1) is 6.92 Å². The summed E-state index contributed by atoms with van der Waals surface area (Å²) in [4.78, 5) is 0. The number of hydrazine groups is 1. The minimum Gasteiger partial charge on any atom is -0.271 e. The molecule has 0 spiro atoms. The predicted octanol–water partition coefficient (Wildman–Crippen LogP) is 3.45. The normalized spacial score (nSPS) is 12.8. The van der Waals surface area contributed by atoms with E-state index in [9.17, 15) is 0 Å². The highest BCUT2D eigenvalue weighted by atomic mass is 79.9. The molecule has 0 bridgehead atoms. The first-order valence-corrected chi connectivity index (χ1v) is 6.20. The quantitative estimate of drug-likeness (QED) is 0.636. The van der Waals surface area contributed by atoms with Crippen molar-refractivity contribution in [2.75, 3.05) is 0 Å². The zero-order valence-electron chi connectivity index (χ0n) is 9.39. The summed E-state index contributed by atoms with van der Waals surface area (Å²) in [6.07, 6.45) is 3.48. The van der Waals surface area contributed by atoms with E-state index in [-0.39, 0.29) is 6.04 Å². The van der Waals surface area contributed by atoms with Gasteiger partial charge in [-0.3, -0.25) is 11.3 Å². The molecule has 1 rings (SSSR count). The maximum Gasteiger partial charge on any atom is 0.0460 e. The third-order valence-corrected chi connectivity index (χ3v) is 3.50. The highest BCUT2D eigenvalue weighted by molar-refractivity contribution is 9.10. The lowest BCUT2D eigenvalue weighted by molar-refractivity contribution is 0.495. The summed E-state index contributed by atoms with van der Waals surface area (Å²) in [5.74, 6) is 5.57. The average Bonchev–Trinajstić information content (AvgIpc) is 2.24. The van der Waals surface area contributed by atoms with E-state index < -0.39 is 0 Å². The Morgan fingerprint density at radius 1 is 1.47 bits per heavy atom. The van der Waals surface area contributed by atoms with Crippen LogP contribution in [0.15, 0.2) is 22.7 Å². The second kappa shape index (κ2) is 6.26. The first-order chi connectivity index (χ1) is 7.19. The van der Waals surface area contributed by atoms with Crippen molar-refractivity contribution in [2.45, 2.75) is 39.2 Å². The molecule has 3 N–H and O–H groups in total. The van der Waals surface area contributed by atoms with Gasteiger partial charge in [-0.15, -0.1) is 0 Å². The van der Waals surface area contributed by atoms with Crippen molar-refractivity contribution in [1.82, 2.24) is 5.43 Å². The van der Waals surface area contributed by atoms with Gasteiger partial charge in [0.25, 0.3) is 0 Å². The van der Waals surface area contributed by atoms with Crippen molar-refractivity contribution in [1.29, 1.82) is 0 Å². The van der Waals surface area contributed by atoms with Crippen LogP contribution in [0.3, 0.4) is 0 Å². The molecule has 0 radical (unpaired) electrons. The summed E-state index contributed by atoms with van der Waals surface area (Å²) < 4.78 is 1.15. The van der Waals surface area contributed by atoms with Crippen LogP contribution in [0.2, 0.25) is 0 Å². The molecule has 0 aliphatic carbocycles. The Morgan fingerprint density at radius 3 is 2.73 bits per heavy atom. The van der Waals surface area contributed by atoms with Crippen LogP contribution in [0.1, 0.15) is 43.4 Å². The molecule has 1 atom stereocenters. The number of rotatable bonds is 5. The summed E-state index contributed by atoms with van der Waals surface area (Å²) >= 11 is 3.54. The molecule has 0 amide bonds. The average molecular weight is 271 g/mol. The Labute approximate surface area is 100 Å². The van der Waals surface area contributed by atoms with Gasteiger partial charge in [-0.1, -0.05) is 47.8 Å². The van der Waals surface area contributed by atoms with Crippen molar-refractivity contribution in [3.63, 3.8) is 0 Å². The number of halogens is 1. The monoisotopic (exact) mass is 270 g/mol. The summed E-state index contributed by atoms with van der Waals surface area (Å²) in [6.45, 7) is 4.28. The summed E-state index contributed by atoms with van der Waals surface area (Å²) in [6, 6.07) is 6.67. The fraction of sp³-hybridized carbons (Fsp3) is 0.500. The summed E-state index contributed by atoms with van der Waals surface area (Å²) in [5.41, 5.74) is 5.39.